The van der Waals surface area contributed by atoms with Crippen molar-refractivity contribution in [2.24, 2.45) is 0 Å². The van der Waals surface area contributed by atoms with Gasteiger partial charge in [-0.2, -0.15) is 0 Å². The minimum Gasteiger partial charge on any atom is -0.478 e. The van der Waals surface area contributed by atoms with Crippen LogP contribution in [0.3, 0.4) is 0 Å². The highest BCUT2D eigenvalue weighted by Crippen LogP contribution is 2.26. The lowest BCUT2D eigenvalue weighted by molar-refractivity contribution is 0.0697. The lowest BCUT2D eigenvalue weighted by Gasteiger charge is -2.06. The van der Waals surface area contributed by atoms with Crippen LogP contribution in [-0.2, 0) is 6.54 Å². The van der Waals surface area contributed by atoms with Crippen LogP contribution in [0, 0.1) is 0 Å². The van der Waals surface area contributed by atoms with Crippen LogP contribution in [0.2, 0.25) is 0 Å². The van der Waals surface area contributed by atoms with Crippen molar-refractivity contribution in [1.29, 1.82) is 0 Å². The Hall–Kier alpha value is -2.33. The SMILES string of the molecule is O=C(O)c1cccc(NCc2csc3ccccc23)c1. The molecule has 0 bridgehead atoms. The van der Waals surface area contributed by atoms with Gasteiger partial charge in [0.2, 0.25) is 0 Å². The van der Waals surface area contributed by atoms with Crippen molar-refractivity contribution >= 4 is 33.1 Å². The van der Waals surface area contributed by atoms with Crippen LogP contribution in [0.15, 0.2) is 53.9 Å². The van der Waals surface area contributed by atoms with Crippen LogP contribution in [0.5, 0.6) is 0 Å². The molecule has 0 aliphatic carbocycles. The molecule has 0 fully saturated rings. The Kier molecular flexibility index (Phi) is 3.39. The summed E-state index contributed by atoms with van der Waals surface area (Å²) in [6.07, 6.45) is 0. The van der Waals surface area contributed by atoms with E-state index >= 15 is 0 Å². The number of anilines is 1. The Bertz CT molecular complexity index is 764. The zero-order valence-corrected chi connectivity index (χ0v) is 11.5. The number of aromatic carboxylic acids is 1. The number of carbonyl (C=O) groups is 1. The van der Waals surface area contributed by atoms with Gasteiger partial charge in [0, 0.05) is 16.9 Å². The van der Waals surface area contributed by atoms with Crippen LogP contribution >= 0.6 is 11.3 Å². The summed E-state index contributed by atoms with van der Waals surface area (Å²) in [4.78, 5) is 10.9. The molecule has 0 unspecified atom stereocenters. The molecule has 0 amide bonds. The van der Waals surface area contributed by atoms with Crippen molar-refractivity contribution in [1.82, 2.24) is 0 Å². The van der Waals surface area contributed by atoms with E-state index in [0.29, 0.717) is 12.1 Å². The molecule has 4 heteroatoms. The van der Waals surface area contributed by atoms with Crippen LogP contribution in [0.25, 0.3) is 10.1 Å². The molecule has 2 N–H and O–H groups in total. The lowest BCUT2D eigenvalue weighted by atomic mass is 10.1. The van der Waals surface area contributed by atoms with E-state index in [9.17, 15) is 4.79 Å². The Morgan fingerprint density at radius 3 is 2.85 bits per heavy atom. The van der Waals surface area contributed by atoms with Crippen LogP contribution in [0.4, 0.5) is 5.69 Å². The standard InChI is InChI=1S/C16H13NO2S/c18-16(19)11-4-3-5-13(8-11)17-9-12-10-20-15-7-2-1-6-14(12)15/h1-8,10,17H,9H2,(H,18,19). The molecular weight excluding hydrogens is 270 g/mol. The number of benzene rings is 2. The van der Waals surface area contributed by atoms with Gasteiger partial charge < -0.3 is 10.4 Å². The summed E-state index contributed by atoms with van der Waals surface area (Å²) in [6.45, 7) is 0.688. The van der Waals surface area contributed by atoms with Crippen molar-refractivity contribution < 1.29 is 9.90 Å². The molecule has 0 atom stereocenters. The van der Waals surface area contributed by atoms with E-state index in [-0.39, 0.29) is 0 Å². The van der Waals surface area contributed by atoms with E-state index in [2.05, 4.69) is 22.8 Å². The summed E-state index contributed by atoms with van der Waals surface area (Å²) in [5, 5.41) is 15.6. The number of hydrogen-bond donors (Lipinski definition) is 2. The van der Waals surface area contributed by atoms with E-state index in [1.807, 2.05) is 18.2 Å². The van der Waals surface area contributed by atoms with E-state index in [1.54, 1.807) is 29.5 Å². The number of carboxylic acid groups (broad SMARTS) is 1. The predicted octanol–water partition coefficient (Wildman–Crippen LogP) is 4.21. The van der Waals surface area contributed by atoms with E-state index in [0.717, 1.165) is 5.69 Å². The van der Waals surface area contributed by atoms with Crippen LogP contribution < -0.4 is 5.32 Å². The quantitative estimate of drug-likeness (QED) is 0.754. The van der Waals surface area contributed by atoms with Gasteiger partial charge in [0.25, 0.3) is 0 Å². The Morgan fingerprint density at radius 2 is 2.00 bits per heavy atom. The fraction of sp³-hybridized carbons (Fsp3) is 0.0625. The van der Waals surface area contributed by atoms with Gasteiger partial charge in [-0.05, 0) is 40.6 Å². The summed E-state index contributed by atoms with van der Waals surface area (Å²) >= 11 is 1.72. The number of nitrogens with one attached hydrogen (secondary N) is 1. The van der Waals surface area contributed by atoms with E-state index in [1.165, 1.54) is 15.6 Å². The van der Waals surface area contributed by atoms with Crippen molar-refractivity contribution in [3.63, 3.8) is 0 Å². The topological polar surface area (TPSA) is 49.3 Å². The van der Waals surface area contributed by atoms with Gasteiger partial charge in [0.15, 0.2) is 0 Å². The molecule has 0 radical (unpaired) electrons. The first-order valence-corrected chi connectivity index (χ1v) is 7.14. The summed E-state index contributed by atoms with van der Waals surface area (Å²) < 4.78 is 1.27. The number of thiophene rings is 1. The van der Waals surface area contributed by atoms with Gasteiger partial charge >= 0.3 is 5.97 Å². The normalized spacial score (nSPS) is 10.6. The van der Waals surface area contributed by atoms with Gasteiger partial charge in [-0.1, -0.05) is 24.3 Å². The van der Waals surface area contributed by atoms with Gasteiger partial charge in [-0.3, -0.25) is 0 Å². The molecular formula is C16H13NO2S. The maximum atomic E-state index is 10.9. The molecule has 3 rings (SSSR count). The van der Waals surface area contributed by atoms with Crippen molar-refractivity contribution in [3.8, 4) is 0 Å². The third-order valence-corrected chi connectivity index (χ3v) is 4.17. The molecule has 2 aromatic carbocycles. The summed E-state index contributed by atoms with van der Waals surface area (Å²) in [7, 11) is 0. The maximum absolute atomic E-state index is 10.9. The van der Waals surface area contributed by atoms with Crippen molar-refractivity contribution in [3.05, 3.63) is 65.0 Å². The summed E-state index contributed by atoms with van der Waals surface area (Å²) in [6, 6.07) is 15.1. The zero-order valence-electron chi connectivity index (χ0n) is 10.7. The molecule has 0 aliphatic rings. The molecule has 0 saturated heterocycles. The average molecular weight is 283 g/mol. The third-order valence-electron chi connectivity index (χ3n) is 3.15. The van der Waals surface area contributed by atoms with Gasteiger partial charge in [0.1, 0.15) is 0 Å². The first-order chi connectivity index (χ1) is 9.74. The molecule has 1 aromatic heterocycles. The minimum atomic E-state index is -0.908. The second-order valence-corrected chi connectivity index (χ2v) is 5.41. The molecule has 20 heavy (non-hydrogen) atoms. The van der Waals surface area contributed by atoms with Gasteiger partial charge in [-0.15, -0.1) is 11.3 Å². The largest absolute Gasteiger partial charge is 0.478 e. The Labute approximate surface area is 120 Å². The Morgan fingerprint density at radius 1 is 1.15 bits per heavy atom. The highest BCUT2D eigenvalue weighted by atomic mass is 32.1. The summed E-state index contributed by atoms with van der Waals surface area (Å²) in [5.74, 6) is -0.908. The molecule has 0 spiro atoms. The van der Waals surface area contributed by atoms with Crippen molar-refractivity contribution in [2.75, 3.05) is 5.32 Å². The van der Waals surface area contributed by atoms with E-state index < -0.39 is 5.97 Å². The fourth-order valence-corrected chi connectivity index (χ4v) is 3.09. The number of carboxylic acids is 1. The highest BCUT2D eigenvalue weighted by Gasteiger charge is 2.05. The smallest absolute Gasteiger partial charge is 0.335 e. The maximum Gasteiger partial charge on any atom is 0.335 e. The second kappa shape index (κ2) is 5.35. The van der Waals surface area contributed by atoms with Crippen LogP contribution in [-0.4, -0.2) is 11.1 Å². The zero-order chi connectivity index (χ0) is 13.9. The molecule has 0 aliphatic heterocycles. The van der Waals surface area contributed by atoms with Gasteiger partial charge in [0.05, 0.1) is 5.56 Å². The highest BCUT2D eigenvalue weighted by molar-refractivity contribution is 7.17. The van der Waals surface area contributed by atoms with E-state index in [4.69, 9.17) is 5.11 Å². The lowest BCUT2D eigenvalue weighted by Crippen LogP contribution is -2.01. The summed E-state index contributed by atoms with van der Waals surface area (Å²) in [5.41, 5.74) is 2.34. The van der Waals surface area contributed by atoms with Crippen molar-refractivity contribution in [2.45, 2.75) is 6.54 Å². The van der Waals surface area contributed by atoms with Crippen LogP contribution in [0.1, 0.15) is 15.9 Å². The Balaban J connectivity index is 1.79. The predicted molar refractivity (Wildman–Crippen MR) is 82.6 cm³/mol. The number of hydrogen-bond acceptors (Lipinski definition) is 3. The monoisotopic (exact) mass is 283 g/mol. The molecule has 3 aromatic rings. The van der Waals surface area contributed by atoms with Gasteiger partial charge in [-0.25, -0.2) is 4.79 Å². The minimum absolute atomic E-state index is 0.296. The molecule has 1 heterocycles. The molecule has 0 saturated carbocycles. The number of rotatable bonds is 4. The number of fused-ring (bicyclic) bond motifs is 1. The first-order valence-electron chi connectivity index (χ1n) is 6.26. The fourth-order valence-electron chi connectivity index (χ4n) is 2.13. The average Bonchev–Trinajstić information content (AvgIpc) is 2.89. The second-order valence-electron chi connectivity index (χ2n) is 4.50. The first kappa shape index (κ1) is 12.7. The molecule has 3 nitrogen and oxygen atoms in total. The third kappa shape index (κ3) is 2.51. The molecule has 100 valence electrons.